The van der Waals surface area contributed by atoms with Gasteiger partial charge in [-0.15, -0.1) is 0 Å². The molecule has 0 spiro atoms. The number of pyridine rings is 1. The van der Waals surface area contributed by atoms with E-state index < -0.39 is 5.60 Å². The Morgan fingerprint density at radius 3 is 2.87 bits per heavy atom. The normalized spacial score (nSPS) is 23.1. The molecule has 0 bridgehead atoms. The first-order valence-electron chi connectivity index (χ1n) is 7.86. The van der Waals surface area contributed by atoms with Gasteiger partial charge < -0.3 is 15.2 Å². The van der Waals surface area contributed by atoms with Gasteiger partial charge in [-0.1, -0.05) is 11.6 Å². The Kier molecular flexibility index (Phi) is 4.73. The zero-order chi connectivity index (χ0) is 16.4. The summed E-state index contributed by atoms with van der Waals surface area (Å²) in [5, 5.41) is 20.6. The zero-order valence-electron chi connectivity index (χ0n) is 12.9. The van der Waals surface area contributed by atoms with Gasteiger partial charge in [-0.05, 0) is 44.0 Å². The minimum atomic E-state index is -0.970. The number of halogens is 1. The van der Waals surface area contributed by atoms with E-state index in [0.717, 1.165) is 24.2 Å². The summed E-state index contributed by atoms with van der Waals surface area (Å²) in [4.78, 5) is 17.7. The van der Waals surface area contributed by atoms with Crippen molar-refractivity contribution in [1.29, 1.82) is 0 Å². The van der Waals surface area contributed by atoms with Crippen LogP contribution in [0.2, 0.25) is 5.02 Å². The van der Waals surface area contributed by atoms with E-state index in [0.29, 0.717) is 36.3 Å². The van der Waals surface area contributed by atoms with Crippen LogP contribution in [-0.2, 0) is 6.54 Å². The van der Waals surface area contributed by atoms with Crippen LogP contribution in [0.15, 0.2) is 29.1 Å². The molecule has 1 aromatic heterocycles. The van der Waals surface area contributed by atoms with Crippen LogP contribution in [0.5, 0.6) is 0 Å². The number of H-pyrrole nitrogens is 1. The molecule has 124 valence electrons. The number of rotatable bonds is 3. The van der Waals surface area contributed by atoms with Gasteiger partial charge in [0.25, 0.3) is 0 Å². The van der Waals surface area contributed by atoms with Crippen LogP contribution < -0.4 is 5.43 Å². The monoisotopic (exact) mass is 336 g/mol. The highest BCUT2D eigenvalue weighted by Gasteiger charge is 2.29. The fourth-order valence-electron chi connectivity index (χ4n) is 3.15. The number of nitrogens with one attached hydrogen (secondary N) is 1. The maximum atomic E-state index is 12.2. The fraction of sp³-hybridized carbons (Fsp3) is 0.471. The fourth-order valence-corrected chi connectivity index (χ4v) is 3.32. The largest absolute Gasteiger partial charge is 0.393 e. The third kappa shape index (κ3) is 3.75. The molecule has 3 N–H and O–H groups in total. The van der Waals surface area contributed by atoms with Crippen molar-refractivity contribution in [2.45, 2.75) is 31.4 Å². The van der Waals surface area contributed by atoms with Crippen LogP contribution >= 0.6 is 11.6 Å². The Labute approximate surface area is 139 Å². The molecule has 1 fully saturated rings. The van der Waals surface area contributed by atoms with Gasteiger partial charge in [0.2, 0.25) is 0 Å². The van der Waals surface area contributed by atoms with E-state index in [1.165, 1.54) is 0 Å². The molecule has 3 rings (SSSR count). The van der Waals surface area contributed by atoms with Gasteiger partial charge in [-0.3, -0.25) is 9.69 Å². The van der Waals surface area contributed by atoms with E-state index >= 15 is 0 Å². The summed E-state index contributed by atoms with van der Waals surface area (Å²) in [5.41, 5.74) is 0.609. The molecule has 1 aliphatic heterocycles. The molecule has 2 heterocycles. The Hall–Kier alpha value is -1.40. The SMILES string of the molecule is O=c1cc(CN2CCC[C@@](O)(CO)CC2)[nH]c2ccc(Cl)cc12. The first-order valence-corrected chi connectivity index (χ1v) is 8.24. The van der Waals surface area contributed by atoms with Crippen LogP contribution in [0.4, 0.5) is 0 Å². The molecule has 23 heavy (non-hydrogen) atoms. The number of nitrogens with zero attached hydrogens (tertiary/aromatic N) is 1. The van der Waals surface area contributed by atoms with Crippen molar-refractivity contribution in [2.75, 3.05) is 19.7 Å². The standard InChI is InChI=1S/C17H21ClN2O3/c18-12-2-3-15-14(8-12)16(22)9-13(19-15)10-20-6-1-4-17(23,11-21)5-7-20/h2-3,8-9,21,23H,1,4-7,10-11H2,(H,19,22)/t17-/m0/s1. The van der Waals surface area contributed by atoms with Gasteiger partial charge >= 0.3 is 0 Å². The van der Waals surface area contributed by atoms with Crippen molar-refractivity contribution >= 4 is 22.5 Å². The van der Waals surface area contributed by atoms with Crippen LogP contribution in [0, 0.1) is 0 Å². The van der Waals surface area contributed by atoms with E-state index in [2.05, 4.69) is 9.88 Å². The van der Waals surface area contributed by atoms with Gasteiger partial charge in [-0.25, -0.2) is 0 Å². The predicted molar refractivity (Wildman–Crippen MR) is 90.7 cm³/mol. The number of fused-ring (bicyclic) bond motifs is 1. The maximum Gasteiger partial charge on any atom is 0.189 e. The number of aliphatic hydroxyl groups excluding tert-OH is 1. The van der Waals surface area contributed by atoms with Crippen LogP contribution in [0.25, 0.3) is 10.9 Å². The third-order valence-corrected chi connectivity index (χ3v) is 4.78. The lowest BCUT2D eigenvalue weighted by Crippen LogP contribution is -2.34. The topological polar surface area (TPSA) is 76.6 Å². The van der Waals surface area contributed by atoms with Crippen molar-refractivity contribution in [1.82, 2.24) is 9.88 Å². The molecule has 0 saturated carbocycles. The van der Waals surface area contributed by atoms with Crippen molar-refractivity contribution in [3.63, 3.8) is 0 Å². The molecule has 0 unspecified atom stereocenters. The number of benzene rings is 1. The highest BCUT2D eigenvalue weighted by molar-refractivity contribution is 6.31. The molecular weight excluding hydrogens is 316 g/mol. The number of hydrogen-bond donors (Lipinski definition) is 3. The number of aromatic nitrogens is 1. The minimum absolute atomic E-state index is 0.0436. The minimum Gasteiger partial charge on any atom is -0.393 e. The Morgan fingerprint density at radius 1 is 1.26 bits per heavy atom. The second kappa shape index (κ2) is 6.61. The Balaban J connectivity index is 1.79. The lowest BCUT2D eigenvalue weighted by molar-refractivity contribution is -0.0255. The lowest BCUT2D eigenvalue weighted by atomic mass is 9.96. The molecule has 5 nitrogen and oxygen atoms in total. The molecule has 0 amide bonds. The number of likely N-dealkylation sites (tertiary alicyclic amines) is 1. The Morgan fingerprint density at radius 2 is 2.09 bits per heavy atom. The van der Waals surface area contributed by atoms with E-state index in [1.807, 2.05) is 6.07 Å². The van der Waals surface area contributed by atoms with Gasteiger partial charge in [0.15, 0.2) is 5.43 Å². The summed E-state index contributed by atoms with van der Waals surface area (Å²) < 4.78 is 0. The average Bonchev–Trinajstić information content (AvgIpc) is 2.71. The maximum absolute atomic E-state index is 12.2. The summed E-state index contributed by atoms with van der Waals surface area (Å²) in [6.07, 6.45) is 1.97. The third-order valence-electron chi connectivity index (χ3n) is 4.55. The number of aromatic amines is 1. The smallest absolute Gasteiger partial charge is 0.189 e. The zero-order valence-corrected chi connectivity index (χ0v) is 13.6. The number of hydrogen-bond acceptors (Lipinski definition) is 4. The van der Waals surface area contributed by atoms with Gasteiger partial charge in [-0.2, -0.15) is 0 Å². The first-order chi connectivity index (χ1) is 11.0. The summed E-state index contributed by atoms with van der Waals surface area (Å²) in [6, 6.07) is 6.86. The molecule has 1 aromatic carbocycles. The molecule has 1 atom stereocenters. The van der Waals surface area contributed by atoms with Gasteiger partial charge in [0.1, 0.15) is 0 Å². The summed E-state index contributed by atoms with van der Waals surface area (Å²) in [6.45, 7) is 1.95. The number of aliphatic hydroxyl groups is 2. The molecule has 1 saturated heterocycles. The highest BCUT2D eigenvalue weighted by atomic mass is 35.5. The second-order valence-electron chi connectivity index (χ2n) is 6.36. The van der Waals surface area contributed by atoms with Crippen molar-refractivity contribution < 1.29 is 10.2 Å². The van der Waals surface area contributed by atoms with Crippen LogP contribution in [0.1, 0.15) is 25.0 Å². The summed E-state index contributed by atoms with van der Waals surface area (Å²) in [5.74, 6) is 0. The van der Waals surface area contributed by atoms with E-state index in [1.54, 1.807) is 18.2 Å². The molecular formula is C17H21ClN2O3. The lowest BCUT2D eigenvalue weighted by Gasteiger charge is -2.24. The van der Waals surface area contributed by atoms with E-state index in [9.17, 15) is 15.0 Å². The van der Waals surface area contributed by atoms with Gasteiger partial charge in [0, 0.05) is 40.8 Å². The quantitative estimate of drug-likeness (QED) is 0.800. The van der Waals surface area contributed by atoms with Crippen LogP contribution in [0.3, 0.4) is 0 Å². The first kappa shape index (κ1) is 16.5. The molecule has 2 aromatic rings. The van der Waals surface area contributed by atoms with Crippen molar-refractivity contribution in [3.05, 3.63) is 45.2 Å². The molecule has 0 aliphatic carbocycles. The highest BCUT2D eigenvalue weighted by Crippen LogP contribution is 2.23. The average molecular weight is 337 g/mol. The van der Waals surface area contributed by atoms with Crippen molar-refractivity contribution in [3.8, 4) is 0 Å². The Bertz CT molecular complexity index is 761. The van der Waals surface area contributed by atoms with E-state index in [4.69, 9.17) is 11.6 Å². The predicted octanol–water partition coefficient (Wildman–Crippen LogP) is 1.89. The van der Waals surface area contributed by atoms with Crippen LogP contribution in [-0.4, -0.2) is 45.4 Å². The summed E-state index contributed by atoms with van der Waals surface area (Å²) >= 11 is 5.94. The molecule has 0 radical (unpaired) electrons. The van der Waals surface area contributed by atoms with Crippen molar-refractivity contribution in [2.24, 2.45) is 0 Å². The van der Waals surface area contributed by atoms with Gasteiger partial charge in [0.05, 0.1) is 12.2 Å². The molecule has 6 heteroatoms. The summed E-state index contributed by atoms with van der Waals surface area (Å²) in [7, 11) is 0. The molecule has 1 aliphatic rings. The second-order valence-corrected chi connectivity index (χ2v) is 6.80. The van der Waals surface area contributed by atoms with E-state index in [-0.39, 0.29) is 12.0 Å².